The first-order valence-electron chi connectivity index (χ1n) is 5.43. The summed E-state index contributed by atoms with van der Waals surface area (Å²) in [6.07, 6.45) is 1.07. The minimum Gasteiger partial charge on any atom is -0.383 e. The number of rotatable bonds is 5. The van der Waals surface area contributed by atoms with Gasteiger partial charge in [-0.15, -0.1) is 0 Å². The van der Waals surface area contributed by atoms with E-state index in [0.29, 0.717) is 0 Å². The maximum Gasteiger partial charge on any atom is 0.158 e. The summed E-state index contributed by atoms with van der Waals surface area (Å²) in [5.74, 6) is 0. The van der Waals surface area contributed by atoms with Crippen LogP contribution in [0.15, 0.2) is 16.8 Å². The van der Waals surface area contributed by atoms with Crippen LogP contribution in [0.25, 0.3) is 11.0 Å². The third kappa shape index (κ3) is 2.14. The molecule has 16 heavy (non-hydrogen) atoms. The van der Waals surface area contributed by atoms with Crippen molar-refractivity contribution in [3.05, 3.63) is 17.7 Å². The van der Waals surface area contributed by atoms with Crippen LogP contribution in [-0.4, -0.2) is 30.5 Å². The molecule has 0 unspecified atom stereocenters. The Morgan fingerprint density at radius 3 is 2.81 bits per heavy atom. The van der Waals surface area contributed by atoms with Gasteiger partial charge >= 0.3 is 0 Å². The third-order valence-corrected chi connectivity index (χ3v) is 2.54. The van der Waals surface area contributed by atoms with Crippen molar-refractivity contribution in [2.75, 3.05) is 25.5 Å². The van der Waals surface area contributed by atoms with E-state index in [9.17, 15) is 0 Å². The summed E-state index contributed by atoms with van der Waals surface area (Å²) >= 11 is 0. The van der Waals surface area contributed by atoms with Crippen molar-refractivity contribution in [3.63, 3.8) is 0 Å². The Morgan fingerprint density at radius 2 is 2.00 bits per heavy atom. The number of fused-ring (bicyclic) bond motifs is 1. The van der Waals surface area contributed by atoms with Gasteiger partial charge in [0.25, 0.3) is 0 Å². The molecular formula is C11H16N4O. The molecule has 0 spiro atoms. The van der Waals surface area contributed by atoms with Crippen molar-refractivity contribution in [2.45, 2.75) is 13.3 Å². The molecule has 5 nitrogen and oxygen atoms in total. The number of nitrogens with zero attached hydrogens (tertiary/aromatic N) is 2. The van der Waals surface area contributed by atoms with Crippen LogP contribution in [0.5, 0.6) is 0 Å². The van der Waals surface area contributed by atoms with Crippen LogP contribution in [0.3, 0.4) is 0 Å². The van der Waals surface area contributed by atoms with Gasteiger partial charge in [-0.3, -0.25) is 0 Å². The summed E-state index contributed by atoms with van der Waals surface area (Å²) in [5, 5.41) is 14.2. The predicted octanol–water partition coefficient (Wildman–Crippen LogP) is 1.55. The molecule has 0 aliphatic carbocycles. The number of anilines is 1. The highest BCUT2D eigenvalue weighted by molar-refractivity contribution is 5.89. The normalized spacial score (nSPS) is 10.9. The van der Waals surface area contributed by atoms with Gasteiger partial charge in [0.1, 0.15) is 5.52 Å². The predicted molar refractivity (Wildman–Crippen MR) is 63.6 cm³/mol. The number of aromatic nitrogens is 2. The Labute approximate surface area is 94.2 Å². The van der Waals surface area contributed by atoms with E-state index in [1.54, 1.807) is 0 Å². The number of benzene rings is 1. The average Bonchev–Trinajstić information content (AvgIpc) is 2.77. The smallest absolute Gasteiger partial charge is 0.158 e. The lowest BCUT2D eigenvalue weighted by Crippen LogP contribution is -2.13. The first kappa shape index (κ1) is 10.9. The largest absolute Gasteiger partial charge is 0.383 e. The van der Waals surface area contributed by atoms with Gasteiger partial charge < -0.3 is 10.6 Å². The third-order valence-electron chi connectivity index (χ3n) is 2.54. The van der Waals surface area contributed by atoms with E-state index < -0.39 is 0 Å². The molecule has 0 saturated heterocycles. The molecule has 0 aliphatic rings. The first-order chi connectivity index (χ1) is 7.83. The zero-order chi connectivity index (χ0) is 11.4. The summed E-state index contributed by atoms with van der Waals surface area (Å²) in [6, 6.07) is 4.04. The van der Waals surface area contributed by atoms with Crippen LogP contribution in [0.2, 0.25) is 0 Å². The minimum atomic E-state index is 0.810. The zero-order valence-electron chi connectivity index (χ0n) is 9.58. The molecule has 0 aliphatic heterocycles. The van der Waals surface area contributed by atoms with Gasteiger partial charge in [0, 0.05) is 6.54 Å². The molecule has 0 bridgehead atoms. The Kier molecular flexibility index (Phi) is 3.36. The summed E-state index contributed by atoms with van der Waals surface area (Å²) in [5.41, 5.74) is 3.71. The van der Waals surface area contributed by atoms with Gasteiger partial charge in [-0.25, -0.2) is 4.63 Å². The lowest BCUT2D eigenvalue weighted by Gasteiger charge is -2.06. The van der Waals surface area contributed by atoms with Gasteiger partial charge in [-0.05, 0) is 48.9 Å². The number of hydrogen-bond acceptors (Lipinski definition) is 5. The molecule has 1 aromatic carbocycles. The highest BCUT2D eigenvalue weighted by Gasteiger charge is 2.08. The molecule has 2 N–H and O–H groups in total. The Morgan fingerprint density at radius 1 is 1.19 bits per heavy atom. The first-order valence-corrected chi connectivity index (χ1v) is 5.43. The molecule has 2 rings (SSSR count). The standard InChI is InChI=1S/C11H16N4O/c1-8-4-5-9(13-7-3-6-12-2)11-10(8)14-16-15-11/h4-5,12-13H,3,6-7H2,1-2H3. The van der Waals surface area contributed by atoms with Crippen LogP contribution in [-0.2, 0) is 0 Å². The molecule has 0 atom stereocenters. The van der Waals surface area contributed by atoms with Gasteiger partial charge in [-0.1, -0.05) is 6.07 Å². The minimum absolute atomic E-state index is 0.810. The summed E-state index contributed by atoms with van der Waals surface area (Å²) in [4.78, 5) is 0. The summed E-state index contributed by atoms with van der Waals surface area (Å²) in [7, 11) is 1.95. The van der Waals surface area contributed by atoms with Crippen LogP contribution in [0, 0.1) is 6.92 Å². The highest BCUT2D eigenvalue weighted by Crippen LogP contribution is 2.22. The van der Waals surface area contributed by atoms with E-state index in [1.165, 1.54) is 0 Å². The lowest BCUT2D eigenvalue weighted by atomic mass is 10.2. The van der Waals surface area contributed by atoms with Crippen molar-refractivity contribution >= 4 is 16.7 Å². The fourth-order valence-corrected chi connectivity index (χ4v) is 1.62. The number of nitrogens with one attached hydrogen (secondary N) is 2. The summed E-state index contributed by atoms with van der Waals surface area (Å²) in [6.45, 7) is 3.91. The molecule has 0 amide bonds. The quantitative estimate of drug-likeness (QED) is 0.748. The van der Waals surface area contributed by atoms with Crippen molar-refractivity contribution in [1.82, 2.24) is 15.6 Å². The Balaban J connectivity index is 2.12. The fourth-order valence-electron chi connectivity index (χ4n) is 1.62. The van der Waals surface area contributed by atoms with E-state index in [-0.39, 0.29) is 0 Å². The van der Waals surface area contributed by atoms with E-state index in [0.717, 1.165) is 41.8 Å². The second kappa shape index (κ2) is 4.94. The van der Waals surface area contributed by atoms with Gasteiger partial charge in [0.2, 0.25) is 0 Å². The molecule has 2 aromatic rings. The molecule has 0 fully saturated rings. The Hall–Kier alpha value is -1.62. The van der Waals surface area contributed by atoms with Crippen LogP contribution in [0.1, 0.15) is 12.0 Å². The molecule has 0 saturated carbocycles. The number of aryl methyl sites for hydroxylation is 1. The van der Waals surface area contributed by atoms with Crippen molar-refractivity contribution in [1.29, 1.82) is 0 Å². The molecule has 1 aromatic heterocycles. The molecule has 86 valence electrons. The van der Waals surface area contributed by atoms with Gasteiger partial charge in [-0.2, -0.15) is 0 Å². The average molecular weight is 220 g/mol. The van der Waals surface area contributed by atoms with E-state index in [2.05, 4.69) is 20.9 Å². The SMILES string of the molecule is CNCCCNc1ccc(C)c2nonc12. The second-order valence-corrected chi connectivity index (χ2v) is 3.78. The second-order valence-electron chi connectivity index (χ2n) is 3.78. The fraction of sp³-hybridized carbons (Fsp3) is 0.455. The zero-order valence-corrected chi connectivity index (χ0v) is 9.58. The van der Waals surface area contributed by atoms with Crippen LogP contribution >= 0.6 is 0 Å². The molecule has 1 heterocycles. The molecule has 0 radical (unpaired) electrons. The van der Waals surface area contributed by atoms with Crippen LogP contribution in [0.4, 0.5) is 5.69 Å². The molecule has 5 heteroatoms. The maximum absolute atomic E-state index is 4.76. The van der Waals surface area contributed by atoms with Crippen molar-refractivity contribution in [3.8, 4) is 0 Å². The van der Waals surface area contributed by atoms with Gasteiger partial charge in [0.15, 0.2) is 5.52 Å². The van der Waals surface area contributed by atoms with Crippen LogP contribution < -0.4 is 10.6 Å². The monoisotopic (exact) mass is 220 g/mol. The van der Waals surface area contributed by atoms with E-state index in [4.69, 9.17) is 4.63 Å². The highest BCUT2D eigenvalue weighted by atomic mass is 16.6. The van der Waals surface area contributed by atoms with E-state index in [1.807, 2.05) is 26.1 Å². The molecular weight excluding hydrogens is 204 g/mol. The van der Waals surface area contributed by atoms with Crippen molar-refractivity contribution < 1.29 is 4.63 Å². The lowest BCUT2D eigenvalue weighted by molar-refractivity contribution is 0.315. The van der Waals surface area contributed by atoms with Crippen molar-refractivity contribution in [2.24, 2.45) is 0 Å². The Bertz CT molecular complexity index is 466. The number of hydrogen-bond donors (Lipinski definition) is 2. The van der Waals surface area contributed by atoms with E-state index >= 15 is 0 Å². The topological polar surface area (TPSA) is 63.0 Å². The summed E-state index contributed by atoms with van der Waals surface area (Å²) < 4.78 is 4.76. The maximum atomic E-state index is 4.76. The van der Waals surface area contributed by atoms with Gasteiger partial charge in [0.05, 0.1) is 5.69 Å².